The molecule has 0 radical (unpaired) electrons. The van der Waals surface area contributed by atoms with E-state index in [0.29, 0.717) is 5.56 Å². The maximum absolute atomic E-state index is 12.5. The second-order valence-electron chi connectivity index (χ2n) is 10.1. The molecule has 2 N–H and O–H groups in total. The zero-order valence-electron chi connectivity index (χ0n) is 22.3. The van der Waals surface area contributed by atoms with E-state index in [-0.39, 0.29) is 13.0 Å². The summed E-state index contributed by atoms with van der Waals surface area (Å²) in [6.07, 6.45) is -0.632. The number of hydrogen-bond donors (Lipinski definition) is 2. The van der Waals surface area contributed by atoms with Gasteiger partial charge in [0, 0.05) is 38.0 Å². The maximum atomic E-state index is 12.5. The third kappa shape index (κ3) is 5.18. The number of rotatable bonds is 8. The van der Waals surface area contributed by atoms with Crippen LogP contribution >= 0.6 is 0 Å². The lowest BCUT2D eigenvalue weighted by Gasteiger charge is -2.37. The van der Waals surface area contributed by atoms with Gasteiger partial charge < -0.3 is 19.5 Å². The van der Waals surface area contributed by atoms with Crippen molar-refractivity contribution in [3.63, 3.8) is 0 Å². The Morgan fingerprint density at radius 2 is 1.59 bits per heavy atom. The van der Waals surface area contributed by atoms with Gasteiger partial charge >= 0.3 is 5.69 Å². The minimum atomic E-state index is -0.999. The lowest BCUT2D eigenvalue weighted by atomic mass is 9.79. The molecule has 5 rings (SSSR count). The lowest BCUT2D eigenvalue weighted by Crippen LogP contribution is -2.38. The maximum Gasteiger partial charge on any atom is 0.330 e. The summed E-state index contributed by atoms with van der Waals surface area (Å²) in [5.41, 5.74) is 2.20. The van der Waals surface area contributed by atoms with Gasteiger partial charge in [0.1, 0.15) is 17.9 Å². The Bertz CT molecular complexity index is 1490. The first-order valence-corrected chi connectivity index (χ1v) is 13.0. The van der Waals surface area contributed by atoms with Crippen molar-refractivity contribution < 1.29 is 14.6 Å². The van der Waals surface area contributed by atoms with Crippen LogP contribution < -0.4 is 16.1 Å². The second-order valence-corrected chi connectivity index (χ2v) is 10.1. The Labute approximate surface area is 227 Å². The normalized spacial score (nSPS) is 19.2. The van der Waals surface area contributed by atoms with Crippen LogP contribution in [0.25, 0.3) is 0 Å². The van der Waals surface area contributed by atoms with Crippen molar-refractivity contribution in [3.05, 3.63) is 134 Å². The highest BCUT2D eigenvalue weighted by atomic mass is 16.6. The molecule has 4 aromatic rings. The number of benzene rings is 3. The molecule has 8 heteroatoms. The molecule has 0 amide bonds. The van der Waals surface area contributed by atoms with E-state index in [1.807, 2.05) is 97.9 Å². The molecule has 1 aliphatic heterocycles. The van der Waals surface area contributed by atoms with Crippen LogP contribution in [0.2, 0.25) is 0 Å². The Hall–Kier alpha value is -3.98. The van der Waals surface area contributed by atoms with E-state index in [9.17, 15) is 14.7 Å². The Balaban J connectivity index is 1.54. The molecule has 202 valence electrons. The number of anilines is 1. The number of hydrogen-bond acceptors (Lipinski definition) is 6. The van der Waals surface area contributed by atoms with Gasteiger partial charge in [0.05, 0.1) is 12.7 Å². The number of ether oxygens (including phenoxy) is 2. The van der Waals surface area contributed by atoms with Crippen LogP contribution in [0, 0.1) is 6.92 Å². The van der Waals surface area contributed by atoms with Crippen LogP contribution in [-0.4, -0.2) is 47.6 Å². The molecule has 3 aromatic carbocycles. The van der Waals surface area contributed by atoms with Gasteiger partial charge in [-0.25, -0.2) is 4.79 Å². The summed E-state index contributed by atoms with van der Waals surface area (Å²) in [5, 5.41) is 11.0. The summed E-state index contributed by atoms with van der Waals surface area (Å²) < 4.78 is 14.4. The monoisotopic (exact) mass is 527 g/mol. The molecule has 3 atom stereocenters. The predicted molar refractivity (Wildman–Crippen MR) is 150 cm³/mol. The van der Waals surface area contributed by atoms with Gasteiger partial charge in [-0.3, -0.25) is 14.3 Å². The van der Waals surface area contributed by atoms with E-state index in [2.05, 4.69) is 11.1 Å². The fourth-order valence-electron chi connectivity index (χ4n) is 5.14. The molecule has 0 aliphatic carbocycles. The van der Waals surface area contributed by atoms with Crippen LogP contribution in [0.4, 0.5) is 5.69 Å². The van der Waals surface area contributed by atoms with E-state index < -0.39 is 35.3 Å². The molecule has 1 fully saturated rings. The van der Waals surface area contributed by atoms with Gasteiger partial charge in [0.25, 0.3) is 5.56 Å². The molecule has 0 saturated carbocycles. The molecule has 8 nitrogen and oxygen atoms in total. The third-order valence-corrected chi connectivity index (χ3v) is 7.25. The average molecular weight is 528 g/mol. The molecule has 1 aromatic heterocycles. The highest BCUT2D eigenvalue weighted by Gasteiger charge is 2.42. The van der Waals surface area contributed by atoms with Gasteiger partial charge in [-0.15, -0.1) is 0 Å². The van der Waals surface area contributed by atoms with E-state index >= 15 is 0 Å². The molecule has 1 saturated heterocycles. The van der Waals surface area contributed by atoms with Crippen molar-refractivity contribution in [1.82, 2.24) is 9.55 Å². The molecule has 0 unspecified atom stereocenters. The van der Waals surface area contributed by atoms with Crippen molar-refractivity contribution in [2.24, 2.45) is 0 Å². The number of aliphatic hydroxyl groups excluding tert-OH is 1. The molecule has 2 heterocycles. The second kappa shape index (κ2) is 11.0. The van der Waals surface area contributed by atoms with Crippen LogP contribution in [0.3, 0.4) is 0 Å². The fraction of sp³-hybridized carbons (Fsp3) is 0.290. The zero-order valence-corrected chi connectivity index (χ0v) is 22.3. The van der Waals surface area contributed by atoms with E-state index in [1.165, 1.54) is 10.8 Å². The number of nitrogens with zero attached hydrogens (tertiary/aromatic N) is 2. The number of aliphatic hydroxyl groups is 1. The Kier molecular flexibility index (Phi) is 7.52. The first-order chi connectivity index (χ1) is 18.8. The van der Waals surface area contributed by atoms with Gasteiger partial charge in [-0.2, -0.15) is 0 Å². The van der Waals surface area contributed by atoms with Crippen molar-refractivity contribution >= 4 is 5.69 Å². The van der Waals surface area contributed by atoms with E-state index in [1.54, 1.807) is 6.92 Å². The van der Waals surface area contributed by atoms with Crippen molar-refractivity contribution in [2.45, 2.75) is 37.4 Å². The SMILES string of the molecule is Cc1cn([C@H]2C[C@H](O)[C@@H](COC(c3ccccc3)(c3ccccc3)c3cccc(N(C)C)c3)O2)c(=O)[nH]c1=O. The van der Waals surface area contributed by atoms with E-state index in [0.717, 1.165) is 22.4 Å². The molecule has 0 spiro atoms. The van der Waals surface area contributed by atoms with Gasteiger partial charge in [-0.05, 0) is 35.7 Å². The number of aromatic amines is 1. The summed E-state index contributed by atoms with van der Waals surface area (Å²) in [7, 11) is 3.99. The first kappa shape index (κ1) is 26.6. The van der Waals surface area contributed by atoms with Crippen molar-refractivity contribution in [3.8, 4) is 0 Å². The molecule has 39 heavy (non-hydrogen) atoms. The number of nitrogens with one attached hydrogen (secondary N) is 1. The minimum absolute atomic E-state index is 0.0603. The highest BCUT2D eigenvalue weighted by Crippen LogP contribution is 2.42. The summed E-state index contributed by atoms with van der Waals surface area (Å²) in [6.45, 7) is 1.68. The Morgan fingerprint density at radius 1 is 0.974 bits per heavy atom. The van der Waals surface area contributed by atoms with Gasteiger partial charge in [-0.1, -0.05) is 72.8 Å². The topological polar surface area (TPSA) is 96.8 Å². The number of aryl methyl sites for hydroxylation is 1. The number of H-pyrrole nitrogens is 1. The summed E-state index contributed by atoms with van der Waals surface area (Å²) in [6, 6.07) is 28.2. The van der Waals surface area contributed by atoms with Crippen LogP contribution in [0.5, 0.6) is 0 Å². The van der Waals surface area contributed by atoms with E-state index in [4.69, 9.17) is 9.47 Å². The summed E-state index contributed by atoms with van der Waals surface area (Å²) in [4.78, 5) is 28.6. The van der Waals surface area contributed by atoms with Crippen LogP contribution in [0.1, 0.15) is 34.9 Å². The average Bonchev–Trinajstić information content (AvgIpc) is 3.32. The predicted octanol–water partition coefficient (Wildman–Crippen LogP) is 3.57. The quantitative estimate of drug-likeness (QED) is 0.340. The minimum Gasteiger partial charge on any atom is -0.390 e. The number of aromatic nitrogens is 2. The van der Waals surface area contributed by atoms with Crippen molar-refractivity contribution in [2.75, 3.05) is 25.6 Å². The molecule has 1 aliphatic rings. The van der Waals surface area contributed by atoms with Crippen LogP contribution in [-0.2, 0) is 15.1 Å². The first-order valence-electron chi connectivity index (χ1n) is 13.0. The molecular weight excluding hydrogens is 494 g/mol. The van der Waals surface area contributed by atoms with Crippen molar-refractivity contribution in [1.29, 1.82) is 0 Å². The van der Waals surface area contributed by atoms with Crippen LogP contribution in [0.15, 0.2) is 101 Å². The third-order valence-electron chi connectivity index (χ3n) is 7.25. The lowest BCUT2D eigenvalue weighted by molar-refractivity contribution is -0.0944. The summed E-state index contributed by atoms with van der Waals surface area (Å²) in [5.74, 6) is 0. The largest absolute Gasteiger partial charge is 0.390 e. The standard InChI is InChI=1S/C31H33N3O5/c1-21-19-34(30(37)32-29(21)36)28-18-26(35)27(39-28)20-38-31(22-11-6-4-7-12-22,23-13-8-5-9-14-23)24-15-10-16-25(17-24)33(2)3/h4-17,19,26-28,35H,18,20H2,1-3H3,(H,32,36,37)/t26-,27+,28+/m0/s1. The summed E-state index contributed by atoms with van der Waals surface area (Å²) >= 11 is 0. The van der Waals surface area contributed by atoms with Gasteiger partial charge in [0.2, 0.25) is 0 Å². The van der Waals surface area contributed by atoms with Gasteiger partial charge in [0.15, 0.2) is 0 Å². The Morgan fingerprint density at radius 3 is 2.21 bits per heavy atom. The smallest absolute Gasteiger partial charge is 0.330 e. The molecule has 0 bridgehead atoms. The zero-order chi connectivity index (χ0) is 27.6. The highest BCUT2D eigenvalue weighted by molar-refractivity contribution is 5.54. The fourth-order valence-corrected chi connectivity index (χ4v) is 5.14. The molecular formula is C31H33N3O5.